The van der Waals surface area contributed by atoms with Crippen molar-refractivity contribution in [2.45, 2.75) is 6.54 Å². The van der Waals surface area contributed by atoms with Crippen LogP contribution in [0.25, 0.3) is 0 Å². The average Bonchev–Trinajstić information content (AvgIpc) is 2.52. The van der Waals surface area contributed by atoms with Gasteiger partial charge in [0.1, 0.15) is 17.3 Å². The van der Waals surface area contributed by atoms with Gasteiger partial charge in [-0.3, -0.25) is 4.79 Å². The second kappa shape index (κ2) is 7.26. The average molecular weight is 368 g/mol. The van der Waals surface area contributed by atoms with Crippen molar-refractivity contribution in [2.24, 2.45) is 0 Å². The Morgan fingerprint density at radius 1 is 1.14 bits per heavy atom. The molecular weight excluding hydrogens is 353 g/mol. The number of rotatable bonds is 5. The zero-order valence-corrected chi connectivity index (χ0v) is 13.7. The molecule has 0 saturated carbocycles. The molecule has 0 atom stereocenters. The highest BCUT2D eigenvalue weighted by molar-refractivity contribution is 9.10. The van der Waals surface area contributed by atoms with Crippen LogP contribution in [-0.2, 0) is 6.54 Å². The van der Waals surface area contributed by atoms with E-state index < -0.39 is 11.7 Å². The molecule has 0 aliphatic carbocycles. The highest BCUT2D eigenvalue weighted by Crippen LogP contribution is 2.23. The van der Waals surface area contributed by atoms with Crippen LogP contribution in [-0.4, -0.2) is 20.1 Å². The molecule has 0 bridgehead atoms. The maximum Gasteiger partial charge on any atom is 0.255 e. The molecule has 0 fully saturated rings. The molecule has 0 spiro atoms. The summed E-state index contributed by atoms with van der Waals surface area (Å²) in [7, 11) is 2.99. The van der Waals surface area contributed by atoms with E-state index in [2.05, 4.69) is 21.2 Å². The van der Waals surface area contributed by atoms with Crippen LogP contribution in [0.4, 0.5) is 4.39 Å². The number of amides is 1. The van der Waals surface area contributed by atoms with Crippen LogP contribution >= 0.6 is 15.9 Å². The molecule has 2 rings (SSSR count). The second-order valence-corrected chi connectivity index (χ2v) is 5.40. The molecule has 1 N–H and O–H groups in total. The van der Waals surface area contributed by atoms with Crippen LogP contribution in [0.1, 0.15) is 15.9 Å². The van der Waals surface area contributed by atoms with Crippen LogP contribution in [0.2, 0.25) is 0 Å². The lowest BCUT2D eigenvalue weighted by atomic mass is 10.1. The van der Waals surface area contributed by atoms with Crippen molar-refractivity contribution in [2.75, 3.05) is 14.2 Å². The minimum absolute atomic E-state index is 0.150. The lowest BCUT2D eigenvalue weighted by Crippen LogP contribution is -2.23. The molecule has 2 aromatic rings. The fourth-order valence-electron chi connectivity index (χ4n) is 2.01. The molecule has 2 aromatic carbocycles. The van der Waals surface area contributed by atoms with Gasteiger partial charge in [-0.1, -0.05) is 15.9 Å². The Morgan fingerprint density at radius 2 is 1.82 bits per heavy atom. The van der Waals surface area contributed by atoms with Gasteiger partial charge in [-0.15, -0.1) is 0 Å². The fraction of sp³-hybridized carbons (Fsp3) is 0.188. The third-order valence-electron chi connectivity index (χ3n) is 3.09. The van der Waals surface area contributed by atoms with Crippen LogP contribution in [0.5, 0.6) is 11.5 Å². The van der Waals surface area contributed by atoms with Crippen molar-refractivity contribution in [3.8, 4) is 11.5 Å². The van der Waals surface area contributed by atoms with Crippen molar-refractivity contribution in [3.05, 3.63) is 57.8 Å². The van der Waals surface area contributed by atoms with Gasteiger partial charge in [0, 0.05) is 16.6 Å². The first-order valence-electron chi connectivity index (χ1n) is 6.49. The largest absolute Gasteiger partial charge is 0.496 e. The summed E-state index contributed by atoms with van der Waals surface area (Å²) in [6.45, 7) is 0.251. The van der Waals surface area contributed by atoms with E-state index >= 15 is 0 Å². The number of hydrogen-bond donors (Lipinski definition) is 1. The third-order valence-corrected chi connectivity index (χ3v) is 3.58. The lowest BCUT2D eigenvalue weighted by molar-refractivity contribution is 0.0947. The number of methoxy groups -OCH3 is 2. The molecule has 0 unspecified atom stereocenters. The number of hydrogen-bond acceptors (Lipinski definition) is 3. The summed E-state index contributed by atoms with van der Waals surface area (Å²) in [5.74, 6) is 0.0687. The molecule has 4 nitrogen and oxygen atoms in total. The molecule has 0 aromatic heterocycles. The molecule has 6 heteroatoms. The molecule has 1 amide bonds. The van der Waals surface area contributed by atoms with Crippen molar-refractivity contribution in [1.29, 1.82) is 0 Å². The van der Waals surface area contributed by atoms with Crippen LogP contribution in [0.3, 0.4) is 0 Å². The molecule has 22 heavy (non-hydrogen) atoms. The standard InChI is InChI=1S/C16H15BrFNO3/c1-21-14-5-3-11(17)7-10(14)9-19-16(20)13-8-12(18)4-6-15(13)22-2/h3-8H,9H2,1-2H3,(H,19,20). The van der Waals surface area contributed by atoms with E-state index in [1.807, 2.05) is 12.1 Å². The van der Waals surface area contributed by atoms with E-state index in [1.54, 1.807) is 13.2 Å². The topological polar surface area (TPSA) is 47.6 Å². The first-order valence-corrected chi connectivity index (χ1v) is 7.28. The molecule has 0 heterocycles. The van der Waals surface area contributed by atoms with Crippen molar-refractivity contribution < 1.29 is 18.7 Å². The van der Waals surface area contributed by atoms with Crippen LogP contribution in [0.15, 0.2) is 40.9 Å². The van der Waals surface area contributed by atoms with E-state index in [0.717, 1.165) is 16.1 Å². The molecule has 0 aliphatic rings. The van der Waals surface area contributed by atoms with E-state index in [-0.39, 0.29) is 12.1 Å². The Labute approximate surface area is 136 Å². The van der Waals surface area contributed by atoms with Gasteiger partial charge in [-0.05, 0) is 36.4 Å². The summed E-state index contributed by atoms with van der Waals surface area (Å²) in [6, 6.07) is 9.30. The van der Waals surface area contributed by atoms with Gasteiger partial charge in [0.15, 0.2) is 0 Å². The second-order valence-electron chi connectivity index (χ2n) is 4.48. The smallest absolute Gasteiger partial charge is 0.255 e. The fourth-order valence-corrected chi connectivity index (χ4v) is 2.42. The summed E-state index contributed by atoms with van der Waals surface area (Å²) in [5, 5.41) is 2.73. The summed E-state index contributed by atoms with van der Waals surface area (Å²) in [4.78, 5) is 12.2. The van der Waals surface area contributed by atoms with Gasteiger partial charge < -0.3 is 14.8 Å². The minimum atomic E-state index is -0.494. The van der Waals surface area contributed by atoms with Crippen molar-refractivity contribution >= 4 is 21.8 Å². The highest BCUT2D eigenvalue weighted by atomic mass is 79.9. The predicted octanol–water partition coefficient (Wildman–Crippen LogP) is 3.54. The number of nitrogens with one attached hydrogen (secondary N) is 1. The SMILES string of the molecule is COc1ccc(Br)cc1CNC(=O)c1cc(F)ccc1OC. The third kappa shape index (κ3) is 3.76. The lowest BCUT2D eigenvalue weighted by Gasteiger charge is -2.12. The van der Waals surface area contributed by atoms with Gasteiger partial charge in [0.05, 0.1) is 19.8 Å². The van der Waals surface area contributed by atoms with Gasteiger partial charge in [-0.25, -0.2) is 4.39 Å². The van der Waals surface area contributed by atoms with Gasteiger partial charge in [-0.2, -0.15) is 0 Å². The highest BCUT2D eigenvalue weighted by Gasteiger charge is 2.14. The monoisotopic (exact) mass is 367 g/mol. The Morgan fingerprint density at radius 3 is 2.50 bits per heavy atom. The van der Waals surface area contributed by atoms with Crippen molar-refractivity contribution in [1.82, 2.24) is 5.32 Å². The van der Waals surface area contributed by atoms with E-state index in [4.69, 9.17) is 9.47 Å². The van der Waals surface area contributed by atoms with Gasteiger partial charge in [0.25, 0.3) is 5.91 Å². The summed E-state index contributed by atoms with van der Waals surface area (Å²) >= 11 is 3.37. The number of carbonyl (C=O) groups is 1. The van der Waals surface area contributed by atoms with Crippen LogP contribution in [0, 0.1) is 5.82 Å². The van der Waals surface area contributed by atoms with Gasteiger partial charge >= 0.3 is 0 Å². The predicted molar refractivity (Wildman–Crippen MR) is 84.8 cm³/mol. The van der Waals surface area contributed by atoms with E-state index in [0.29, 0.717) is 11.5 Å². The summed E-state index contributed by atoms with van der Waals surface area (Å²) < 4.78 is 24.5. The Bertz CT molecular complexity index is 691. The summed E-state index contributed by atoms with van der Waals surface area (Å²) in [5.41, 5.74) is 0.956. The molecular formula is C16H15BrFNO3. The minimum Gasteiger partial charge on any atom is -0.496 e. The number of halogens is 2. The van der Waals surface area contributed by atoms with Gasteiger partial charge in [0.2, 0.25) is 0 Å². The summed E-state index contributed by atoms with van der Waals surface area (Å²) in [6.07, 6.45) is 0. The Hall–Kier alpha value is -2.08. The van der Waals surface area contributed by atoms with Crippen molar-refractivity contribution in [3.63, 3.8) is 0 Å². The first kappa shape index (κ1) is 16.3. The zero-order valence-electron chi connectivity index (χ0n) is 12.2. The van der Waals surface area contributed by atoms with E-state index in [9.17, 15) is 9.18 Å². The Balaban J connectivity index is 2.17. The van der Waals surface area contributed by atoms with Crippen LogP contribution < -0.4 is 14.8 Å². The maximum atomic E-state index is 13.3. The number of benzene rings is 2. The molecule has 0 aliphatic heterocycles. The molecule has 0 radical (unpaired) electrons. The van der Waals surface area contributed by atoms with E-state index in [1.165, 1.54) is 19.2 Å². The number of ether oxygens (including phenoxy) is 2. The maximum absolute atomic E-state index is 13.3. The normalized spacial score (nSPS) is 10.2. The number of carbonyl (C=O) groups excluding carboxylic acids is 1. The first-order chi connectivity index (χ1) is 10.5. The zero-order chi connectivity index (χ0) is 16.1. The Kier molecular flexibility index (Phi) is 5.38. The molecule has 116 valence electrons. The quantitative estimate of drug-likeness (QED) is 0.879. The molecule has 0 saturated heterocycles.